The summed E-state index contributed by atoms with van der Waals surface area (Å²) in [7, 11) is 2.98. The lowest BCUT2D eigenvalue weighted by atomic mass is 10.1. The van der Waals surface area contributed by atoms with Gasteiger partial charge >= 0.3 is 5.69 Å². The number of anilines is 3. The number of benzene rings is 1. The molecule has 148 valence electrons. The number of carbonyl (C=O) groups excluding carboxylic acids is 1. The largest absolute Gasteiger partial charge is 0.352 e. The summed E-state index contributed by atoms with van der Waals surface area (Å²) in [5.41, 5.74) is 1.04. The van der Waals surface area contributed by atoms with E-state index in [1.807, 2.05) is 30.3 Å². The summed E-state index contributed by atoms with van der Waals surface area (Å²) in [5.74, 6) is 0.366. The zero-order valence-corrected chi connectivity index (χ0v) is 15.9. The summed E-state index contributed by atoms with van der Waals surface area (Å²) in [5, 5.41) is 13.8. The molecule has 1 aromatic carbocycles. The summed E-state index contributed by atoms with van der Waals surface area (Å²) in [6.07, 6.45) is 0. The van der Waals surface area contributed by atoms with E-state index >= 15 is 0 Å². The highest BCUT2D eigenvalue weighted by Gasteiger charge is 2.28. The Labute approximate surface area is 165 Å². The zero-order chi connectivity index (χ0) is 20.5. The maximum atomic E-state index is 12.5. The van der Waals surface area contributed by atoms with Gasteiger partial charge in [0.2, 0.25) is 5.91 Å². The van der Waals surface area contributed by atoms with Crippen LogP contribution in [-0.4, -0.2) is 38.5 Å². The molecule has 0 radical (unpaired) electrons. The van der Waals surface area contributed by atoms with Crippen molar-refractivity contribution in [2.24, 2.45) is 14.1 Å². The molecule has 29 heavy (non-hydrogen) atoms. The summed E-state index contributed by atoms with van der Waals surface area (Å²) in [6, 6.07) is 13.0. The van der Waals surface area contributed by atoms with Crippen LogP contribution in [0.4, 0.5) is 17.3 Å². The standard InChI is InChI=1S/C19H19N7O3/c1-24-17-16(18(28)25(2)19(24)29)26(11-20-17)10-15(27)21-14-9-8-13(22-23-14)12-6-4-3-5-7-12/h3-9,20H,10-11H2,1-2H3,(H,21,23,27). The van der Waals surface area contributed by atoms with Gasteiger partial charge in [-0.25, -0.2) is 4.79 Å². The van der Waals surface area contributed by atoms with Crippen LogP contribution >= 0.6 is 0 Å². The molecule has 0 saturated heterocycles. The third kappa shape index (κ3) is 3.35. The SMILES string of the molecule is Cn1c2c(c(=O)n(C)c1=O)N(CC(=O)Nc1ccc(-c3ccccc3)nn1)CN2. The second-order valence-electron chi connectivity index (χ2n) is 6.65. The molecule has 1 amide bonds. The molecule has 0 aliphatic carbocycles. The topological polar surface area (TPSA) is 114 Å². The molecule has 1 aliphatic heterocycles. The van der Waals surface area contributed by atoms with E-state index in [-0.39, 0.29) is 24.8 Å². The Kier molecular flexibility index (Phi) is 4.59. The van der Waals surface area contributed by atoms with Crippen LogP contribution in [0.1, 0.15) is 0 Å². The summed E-state index contributed by atoms with van der Waals surface area (Å²) in [6.45, 7) is 0.170. The molecule has 0 unspecified atom stereocenters. The summed E-state index contributed by atoms with van der Waals surface area (Å²) < 4.78 is 2.37. The fourth-order valence-corrected chi connectivity index (χ4v) is 3.22. The van der Waals surface area contributed by atoms with Gasteiger partial charge in [0.25, 0.3) is 5.56 Å². The predicted octanol–water partition coefficient (Wildman–Crippen LogP) is 0.369. The minimum atomic E-state index is -0.451. The van der Waals surface area contributed by atoms with Crippen LogP contribution in [-0.2, 0) is 18.9 Å². The van der Waals surface area contributed by atoms with Crippen molar-refractivity contribution in [1.82, 2.24) is 19.3 Å². The Morgan fingerprint density at radius 2 is 1.83 bits per heavy atom. The van der Waals surface area contributed by atoms with E-state index in [2.05, 4.69) is 20.8 Å². The van der Waals surface area contributed by atoms with Crippen molar-refractivity contribution < 1.29 is 4.79 Å². The van der Waals surface area contributed by atoms with Gasteiger partial charge in [-0.3, -0.25) is 18.7 Å². The van der Waals surface area contributed by atoms with Crippen molar-refractivity contribution in [2.45, 2.75) is 0 Å². The number of nitrogens with one attached hydrogen (secondary N) is 2. The fraction of sp³-hybridized carbons (Fsp3) is 0.211. The zero-order valence-electron chi connectivity index (χ0n) is 15.9. The Balaban J connectivity index is 1.48. The first-order valence-electron chi connectivity index (χ1n) is 8.93. The van der Waals surface area contributed by atoms with Crippen LogP contribution in [0.2, 0.25) is 0 Å². The Morgan fingerprint density at radius 3 is 2.52 bits per heavy atom. The second-order valence-corrected chi connectivity index (χ2v) is 6.65. The van der Waals surface area contributed by atoms with Crippen molar-refractivity contribution in [2.75, 3.05) is 28.7 Å². The van der Waals surface area contributed by atoms with Crippen LogP contribution in [0.15, 0.2) is 52.1 Å². The molecule has 0 bridgehead atoms. The highest BCUT2D eigenvalue weighted by atomic mass is 16.2. The number of rotatable bonds is 4. The first kappa shape index (κ1) is 18.4. The van der Waals surface area contributed by atoms with Gasteiger partial charge < -0.3 is 15.5 Å². The number of carbonyl (C=O) groups is 1. The number of amides is 1. The van der Waals surface area contributed by atoms with Crippen LogP contribution in [0.5, 0.6) is 0 Å². The average molecular weight is 393 g/mol. The number of hydrogen-bond acceptors (Lipinski definition) is 7. The minimum Gasteiger partial charge on any atom is -0.352 e. The van der Waals surface area contributed by atoms with E-state index in [0.29, 0.717) is 17.3 Å². The van der Waals surface area contributed by atoms with Crippen molar-refractivity contribution in [3.63, 3.8) is 0 Å². The lowest BCUT2D eigenvalue weighted by Gasteiger charge is -2.17. The molecular formula is C19H19N7O3. The van der Waals surface area contributed by atoms with Gasteiger partial charge in [0.05, 0.1) is 18.9 Å². The van der Waals surface area contributed by atoms with E-state index in [1.165, 1.54) is 11.6 Å². The lowest BCUT2D eigenvalue weighted by molar-refractivity contribution is -0.115. The molecule has 3 aromatic rings. The molecule has 4 rings (SSSR count). The van der Waals surface area contributed by atoms with Gasteiger partial charge in [0.1, 0.15) is 11.5 Å². The van der Waals surface area contributed by atoms with Gasteiger partial charge in [0.15, 0.2) is 5.82 Å². The Hall–Kier alpha value is -3.95. The highest BCUT2D eigenvalue weighted by molar-refractivity contribution is 5.94. The van der Waals surface area contributed by atoms with E-state index in [4.69, 9.17) is 0 Å². The number of aromatic nitrogens is 4. The van der Waals surface area contributed by atoms with Gasteiger partial charge in [-0.05, 0) is 12.1 Å². The summed E-state index contributed by atoms with van der Waals surface area (Å²) in [4.78, 5) is 38.5. The van der Waals surface area contributed by atoms with Gasteiger partial charge in [-0.1, -0.05) is 30.3 Å². The molecule has 0 saturated carbocycles. The van der Waals surface area contributed by atoms with Gasteiger partial charge in [-0.2, -0.15) is 0 Å². The van der Waals surface area contributed by atoms with Crippen molar-refractivity contribution >= 4 is 23.2 Å². The van der Waals surface area contributed by atoms with Crippen LogP contribution in [0, 0.1) is 0 Å². The molecule has 0 spiro atoms. The predicted molar refractivity (Wildman–Crippen MR) is 109 cm³/mol. The van der Waals surface area contributed by atoms with E-state index in [1.54, 1.807) is 24.1 Å². The quantitative estimate of drug-likeness (QED) is 0.658. The molecule has 10 nitrogen and oxygen atoms in total. The van der Waals surface area contributed by atoms with E-state index in [9.17, 15) is 14.4 Å². The first-order valence-corrected chi connectivity index (χ1v) is 8.93. The molecule has 0 fully saturated rings. The molecule has 2 N–H and O–H groups in total. The molecule has 3 heterocycles. The van der Waals surface area contributed by atoms with Crippen molar-refractivity contribution in [3.8, 4) is 11.3 Å². The van der Waals surface area contributed by atoms with Crippen LogP contribution in [0.3, 0.4) is 0 Å². The van der Waals surface area contributed by atoms with E-state index in [0.717, 1.165) is 10.1 Å². The summed E-state index contributed by atoms with van der Waals surface area (Å²) >= 11 is 0. The van der Waals surface area contributed by atoms with Crippen molar-refractivity contribution in [3.05, 3.63) is 63.3 Å². The number of fused-ring (bicyclic) bond motifs is 1. The molecule has 10 heteroatoms. The van der Waals surface area contributed by atoms with Crippen molar-refractivity contribution in [1.29, 1.82) is 0 Å². The van der Waals surface area contributed by atoms with Gasteiger partial charge in [-0.15, -0.1) is 10.2 Å². The second kappa shape index (κ2) is 7.23. The lowest BCUT2D eigenvalue weighted by Crippen LogP contribution is -2.41. The monoisotopic (exact) mass is 393 g/mol. The third-order valence-electron chi connectivity index (χ3n) is 4.73. The Morgan fingerprint density at radius 1 is 1.07 bits per heavy atom. The van der Waals surface area contributed by atoms with E-state index < -0.39 is 11.2 Å². The average Bonchev–Trinajstić information content (AvgIpc) is 3.15. The van der Waals surface area contributed by atoms with Crippen LogP contribution < -0.4 is 26.8 Å². The fourth-order valence-electron chi connectivity index (χ4n) is 3.22. The minimum absolute atomic E-state index is 0.0738. The van der Waals surface area contributed by atoms with Crippen LogP contribution in [0.25, 0.3) is 11.3 Å². The maximum absolute atomic E-state index is 12.5. The highest BCUT2D eigenvalue weighted by Crippen LogP contribution is 2.25. The van der Waals surface area contributed by atoms with Gasteiger partial charge in [0, 0.05) is 19.7 Å². The smallest absolute Gasteiger partial charge is 0.332 e. The third-order valence-corrected chi connectivity index (χ3v) is 4.73. The Bertz CT molecular complexity index is 1180. The maximum Gasteiger partial charge on any atom is 0.332 e. The normalized spacial score (nSPS) is 12.4. The first-order chi connectivity index (χ1) is 14.0. The number of hydrogen-bond donors (Lipinski definition) is 2. The molecule has 1 aliphatic rings. The number of nitrogens with zero attached hydrogens (tertiary/aromatic N) is 5. The molecular weight excluding hydrogens is 374 g/mol. The molecule has 2 aromatic heterocycles. The molecule has 0 atom stereocenters.